The number of Topliss-reactive ketones (excluding diaryl/α,β-unsaturated/α-hetero) is 1. The van der Waals surface area contributed by atoms with Gasteiger partial charge in [-0.05, 0) is 24.1 Å². The van der Waals surface area contributed by atoms with E-state index in [1.165, 1.54) is 26.2 Å². The average molecular weight is 478 g/mol. The van der Waals surface area contributed by atoms with Crippen LogP contribution in [-0.4, -0.2) is 59.1 Å². The lowest BCUT2D eigenvalue weighted by molar-refractivity contribution is -0.139. The highest BCUT2D eigenvalue weighted by atomic mass is 16.5. The van der Waals surface area contributed by atoms with Gasteiger partial charge in [0, 0.05) is 31.0 Å². The largest absolute Gasteiger partial charge is 0.507 e. The van der Waals surface area contributed by atoms with Crippen molar-refractivity contribution in [2.75, 3.05) is 27.9 Å². The molecule has 1 amide bonds. The summed E-state index contributed by atoms with van der Waals surface area (Å²) in [5.74, 6) is -0.505. The van der Waals surface area contributed by atoms with E-state index in [0.717, 1.165) is 0 Å². The Balaban J connectivity index is 1.82. The highest BCUT2D eigenvalue weighted by Crippen LogP contribution is 2.45. The Labute approximate surface area is 203 Å². The van der Waals surface area contributed by atoms with Crippen LogP contribution in [0.2, 0.25) is 0 Å². The first-order valence-corrected chi connectivity index (χ1v) is 11.1. The number of imidazole rings is 1. The van der Waals surface area contributed by atoms with Crippen molar-refractivity contribution < 1.29 is 28.9 Å². The van der Waals surface area contributed by atoms with E-state index < -0.39 is 17.7 Å². The third kappa shape index (κ3) is 4.57. The van der Waals surface area contributed by atoms with E-state index in [-0.39, 0.29) is 17.9 Å². The summed E-state index contributed by atoms with van der Waals surface area (Å²) in [7, 11) is 4.48. The summed E-state index contributed by atoms with van der Waals surface area (Å²) in [5.41, 5.74) is 1.01. The molecule has 1 aromatic heterocycles. The Morgan fingerprint density at radius 3 is 2.26 bits per heavy atom. The molecule has 0 radical (unpaired) electrons. The normalized spacial score (nSPS) is 17.0. The molecule has 4 rings (SSSR count). The number of ether oxygens (including phenoxy) is 3. The smallest absolute Gasteiger partial charge is 0.295 e. The highest BCUT2D eigenvalue weighted by molar-refractivity contribution is 6.46. The molecule has 1 fully saturated rings. The third-order valence-electron chi connectivity index (χ3n) is 5.96. The van der Waals surface area contributed by atoms with E-state index in [0.29, 0.717) is 41.3 Å². The first kappa shape index (κ1) is 23.9. The molecular formula is C26H27N3O6. The number of hydrogen-bond acceptors (Lipinski definition) is 7. The molecule has 0 bridgehead atoms. The second kappa shape index (κ2) is 10.3. The summed E-state index contributed by atoms with van der Waals surface area (Å²) >= 11 is 0. The van der Waals surface area contributed by atoms with Gasteiger partial charge in [-0.25, -0.2) is 4.98 Å². The van der Waals surface area contributed by atoms with Gasteiger partial charge in [-0.1, -0.05) is 30.3 Å². The minimum Gasteiger partial charge on any atom is -0.507 e. The Hall–Kier alpha value is -4.27. The molecule has 1 saturated heterocycles. The van der Waals surface area contributed by atoms with Crippen molar-refractivity contribution in [1.29, 1.82) is 0 Å². The Morgan fingerprint density at radius 2 is 1.69 bits per heavy atom. The van der Waals surface area contributed by atoms with Gasteiger partial charge in [0.2, 0.25) is 5.75 Å². The van der Waals surface area contributed by atoms with Crippen molar-refractivity contribution in [2.24, 2.45) is 0 Å². The van der Waals surface area contributed by atoms with E-state index in [4.69, 9.17) is 14.2 Å². The maximum atomic E-state index is 13.2. The predicted octanol–water partition coefficient (Wildman–Crippen LogP) is 3.42. The van der Waals surface area contributed by atoms with Gasteiger partial charge in [0.05, 0.1) is 39.3 Å². The van der Waals surface area contributed by atoms with E-state index in [2.05, 4.69) is 4.98 Å². The van der Waals surface area contributed by atoms with Gasteiger partial charge in [-0.3, -0.25) is 9.59 Å². The summed E-state index contributed by atoms with van der Waals surface area (Å²) in [6.45, 7) is 0.902. The second-order valence-corrected chi connectivity index (χ2v) is 7.97. The summed E-state index contributed by atoms with van der Waals surface area (Å²) in [6.07, 6.45) is 5.79. The minimum atomic E-state index is -0.841. The number of methoxy groups -OCH3 is 3. The van der Waals surface area contributed by atoms with Crippen LogP contribution in [0.4, 0.5) is 0 Å². The Bertz CT molecular complexity index is 1210. The molecule has 9 heteroatoms. The fourth-order valence-corrected chi connectivity index (χ4v) is 4.31. The molecule has 1 aliphatic heterocycles. The van der Waals surface area contributed by atoms with Gasteiger partial charge in [-0.2, -0.15) is 0 Å². The summed E-state index contributed by atoms with van der Waals surface area (Å²) in [5, 5.41) is 11.2. The van der Waals surface area contributed by atoms with Crippen molar-refractivity contribution in [1.82, 2.24) is 14.5 Å². The molecule has 0 spiro atoms. The number of carbonyl (C=O) groups is 2. The molecule has 0 aliphatic carbocycles. The molecule has 1 aliphatic rings. The summed E-state index contributed by atoms with van der Waals surface area (Å²) < 4.78 is 18.3. The molecule has 0 unspecified atom stereocenters. The molecule has 182 valence electrons. The zero-order valence-electron chi connectivity index (χ0n) is 19.8. The molecule has 3 aromatic rings. The molecule has 0 saturated carbocycles. The Morgan fingerprint density at radius 1 is 1.00 bits per heavy atom. The number of rotatable bonds is 9. The second-order valence-electron chi connectivity index (χ2n) is 7.97. The zero-order valence-corrected chi connectivity index (χ0v) is 19.8. The number of aromatic nitrogens is 2. The maximum Gasteiger partial charge on any atom is 0.295 e. The van der Waals surface area contributed by atoms with Crippen LogP contribution in [0.15, 0.2) is 66.8 Å². The topological polar surface area (TPSA) is 103 Å². The zero-order chi connectivity index (χ0) is 24.9. The number of benzene rings is 2. The van der Waals surface area contributed by atoms with E-state index in [9.17, 15) is 14.7 Å². The molecule has 2 aromatic carbocycles. The van der Waals surface area contributed by atoms with Crippen molar-refractivity contribution >= 4 is 17.4 Å². The number of hydrogen-bond donors (Lipinski definition) is 1. The van der Waals surface area contributed by atoms with Crippen LogP contribution >= 0.6 is 0 Å². The van der Waals surface area contributed by atoms with Crippen molar-refractivity contribution in [3.05, 3.63) is 77.9 Å². The van der Waals surface area contributed by atoms with E-state index in [1.807, 2.05) is 16.8 Å². The lowest BCUT2D eigenvalue weighted by Gasteiger charge is -2.26. The van der Waals surface area contributed by atoms with Gasteiger partial charge in [0.1, 0.15) is 5.76 Å². The van der Waals surface area contributed by atoms with Gasteiger partial charge >= 0.3 is 0 Å². The van der Waals surface area contributed by atoms with Crippen LogP contribution in [0.5, 0.6) is 17.2 Å². The number of likely N-dealkylation sites (tertiary alicyclic amines) is 1. The SMILES string of the molecule is COc1cc([C@H]2C(=C(O)c3ccccc3)C(=O)C(=O)N2CCCn2ccnc2)cc(OC)c1OC. The van der Waals surface area contributed by atoms with Crippen LogP contribution in [0.25, 0.3) is 5.76 Å². The van der Waals surface area contributed by atoms with Gasteiger partial charge < -0.3 is 28.8 Å². The molecule has 1 N–H and O–H groups in total. The number of aliphatic hydroxyl groups is 1. The quantitative estimate of drug-likeness (QED) is 0.286. The van der Waals surface area contributed by atoms with Gasteiger partial charge in [0.25, 0.3) is 11.7 Å². The molecular weight excluding hydrogens is 450 g/mol. The standard InChI is InChI=1S/C26H27N3O6/c1-33-19-14-18(15-20(34-2)25(19)35-3)22-21(23(30)17-8-5-4-6-9-17)24(31)26(32)29(22)12-7-11-28-13-10-27-16-28/h4-6,8-10,13-16,22,30H,7,11-12H2,1-3H3/t22-/m0/s1. The number of ketones is 1. The molecule has 35 heavy (non-hydrogen) atoms. The fourth-order valence-electron chi connectivity index (χ4n) is 4.31. The maximum absolute atomic E-state index is 13.2. The molecule has 2 heterocycles. The van der Waals surface area contributed by atoms with Crippen LogP contribution in [0, 0.1) is 0 Å². The summed E-state index contributed by atoms with van der Waals surface area (Å²) in [4.78, 5) is 31.9. The number of nitrogens with zero attached hydrogens (tertiary/aromatic N) is 3. The third-order valence-corrected chi connectivity index (χ3v) is 5.96. The fraction of sp³-hybridized carbons (Fsp3) is 0.269. The molecule has 1 atom stereocenters. The van der Waals surface area contributed by atoms with Crippen LogP contribution in [0.3, 0.4) is 0 Å². The van der Waals surface area contributed by atoms with E-state index in [1.54, 1.807) is 48.9 Å². The predicted molar refractivity (Wildman–Crippen MR) is 128 cm³/mol. The first-order chi connectivity index (χ1) is 17.0. The lowest BCUT2D eigenvalue weighted by atomic mass is 9.94. The van der Waals surface area contributed by atoms with Crippen LogP contribution in [0.1, 0.15) is 23.6 Å². The van der Waals surface area contributed by atoms with Crippen LogP contribution in [-0.2, 0) is 16.1 Å². The first-order valence-electron chi connectivity index (χ1n) is 11.1. The number of aryl methyl sites for hydroxylation is 1. The molecule has 9 nitrogen and oxygen atoms in total. The van der Waals surface area contributed by atoms with Crippen molar-refractivity contribution in [2.45, 2.75) is 19.0 Å². The van der Waals surface area contributed by atoms with Crippen LogP contribution < -0.4 is 14.2 Å². The Kier molecular flexibility index (Phi) is 7.05. The number of aliphatic hydroxyl groups excluding tert-OH is 1. The highest BCUT2D eigenvalue weighted by Gasteiger charge is 2.46. The number of amides is 1. The number of carbonyl (C=O) groups excluding carboxylic acids is 2. The monoisotopic (exact) mass is 477 g/mol. The summed E-state index contributed by atoms with van der Waals surface area (Å²) in [6, 6.07) is 11.2. The van der Waals surface area contributed by atoms with E-state index >= 15 is 0 Å². The van der Waals surface area contributed by atoms with Gasteiger partial charge in [0.15, 0.2) is 11.5 Å². The minimum absolute atomic E-state index is 0.0121. The lowest BCUT2D eigenvalue weighted by Crippen LogP contribution is -2.31. The van der Waals surface area contributed by atoms with Gasteiger partial charge in [-0.15, -0.1) is 0 Å². The van der Waals surface area contributed by atoms with Crippen molar-refractivity contribution in [3.63, 3.8) is 0 Å². The average Bonchev–Trinajstić information content (AvgIpc) is 3.50. The van der Waals surface area contributed by atoms with Crippen molar-refractivity contribution in [3.8, 4) is 17.2 Å².